The molecule has 1 heterocycles. The maximum Gasteiger partial charge on any atom is 0.417 e. The second-order valence-corrected chi connectivity index (χ2v) is 5.82. The number of carbonyl (C=O) groups is 2. The summed E-state index contributed by atoms with van der Waals surface area (Å²) in [5.41, 5.74) is -0.503. The van der Waals surface area contributed by atoms with Crippen molar-refractivity contribution in [3.8, 4) is 0 Å². The molecule has 0 bridgehead atoms. The summed E-state index contributed by atoms with van der Waals surface area (Å²) in [7, 11) is 0. The summed E-state index contributed by atoms with van der Waals surface area (Å²) < 4.78 is 59.8. The van der Waals surface area contributed by atoms with Gasteiger partial charge in [0.25, 0.3) is 5.91 Å². The van der Waals surface area contributed by atoms with E-state index in [0.29, 0.717) is 10.5 Å². The summed E-state index contributed by atoms with van der Waals surface area (Å²) >= 11 is 0. The van der Waals surface area contributed by atoms with E-state index in [1.165, 1.54) is 18.2 Å². The summed E-state index contributed by atoms with van der Waals surface area (Å²) in [6.07, 6.45) is -4.03. The molecular weight excluding hydrogens is 359 g/mol. The summed E-state index contributed by atoms with van der Waals surface area (Å²) in [5.74, 6) is -0.964. The minimum Gasteiger partial charge on any atom is -0.447 e. The average molecular weight is 377 g/mol. The standard InChI is InChI=1S/C20H16F3NO3/c21-20(22,23)17-9-5-4-8-15(17)10-11-18(25)24-16(13-27-19(24)26)12-14-6-2-1-3-7-14/h1-11,16H,12-13H2/i13D2. The van der Waals surface area contributed by atoms with Crippen molar-refractivity contribution in [3.05, 3.63) is 77.4 Å². The van der Waals surface area contributed by atoms with Gasteiger partial charge < -0.3 is 4.74 Å². The Morgan fingerprint density at radius 2 is 1.85 bits per heavy atom. The van der Waals surface area contributed by atoms with Crippen LogP contribution in [0.4, 0.5) is 18.0 Å². The topological polar surface area (TPSA) is 46.6 Å². The zero-order valence-electron chi connectivity index (χ0n) is 15.9. The van der Waals surface area contributed by atoms with E-state index in [2.05, 4.69) is 4.74 Å². The van der Waals surface area contributed by atoms with Crippen LogP contribution in [0.5, 0.6) is 0 Å². The van der Waals surface area contributed by atoms with Crippen molar-refractivity contribution in [2.75, 3.05) is 6.56 Å². The Labute approximate surface area is 156 Å². The SMILES string of the molecule is [2H]C1([2H])OC(=O)N(C(=O)C=Cc2ccccc2C(F)(F)F)C1Cc1ccccc1. The van der Waals surface area contributed by atoms with Crippen LogP contribution in [-0.2, 0) is 22.1 Å². The number of halogens is 3. The normalized spacial score (nSPS) is 20.3. The monoisotopic (exact) mass is 377 g/mol. The first kappa shape index (κ1) is 16.1. The number of hydrogen-bond donors (Lipinski definition) is 0. The molecule has 1 saturated heterocycles. The van der Waals surface area contributed by atoms with E-state index >= 15 is 0 Å². The highest BCUT2D eigenvalue weighted by Gasteiger charge is 2.37. The molecule has 0 saturated carbocycles. The molecule has 2 aromatic carbocycles. The molecule has 1 aliphatic heterocycles. The van der Waals surface area contributed by atoms with E-state index in [1.54, 1.807) is 30.3 Å². The highest BCUT2D eigenvalue weighted by molar-refractivity contribution is 6.02. The van der Waals surface area contributed by atoms with Crippen LogP contribution in [0.25, 0.3) is 6.08 Å². The molecule has 2 amide bonds. The molecule has 2 aromatic rings. The van der Waals surface area contributed by atoms with Gasteiger partial charge in [0.1, 0.15) is 6.56 Å². The van der Waals surface area contributed by atoms with Crippen molar-refractivity contribution >= 4 is 18.1 Å². The molecule has 140 valence electrons. The van der Waals surface area contributed by atoms with Gasteiger partial charge in [-0.05, 0) is 29.7 Å². The fourth-order valence-corrected chi connectivity index (χ4v) is 2.70. The zero-order valence-corrected chi connectivity index (χ0v) is 13.9. The Morgan fingerprint density at radius 3 is 2.56 bits per heavy atom. The number of cyclic esters (lactones) is 1. The van der Waals surface area contributed by atoms with Crippen LogP contribution in [-0.4, -0.2) is 29.5 Å². The molecule has 1 unspecified atom stereocenters. The van der Waals surface area contributed by atoms with E-state index in [1.807, 2.05) is 0 Å². The second kappa shape index (κ2) is 7.65. The van der Waals surface area contributed by atoms with Gasteiger partial charge in [-0.1, -0.05) is 48.5 Å². The van der Waals surface area contributed by atoms with E-state index in [4.69, 9.17) is 2.74 Å². The number of ether oxygens (including phenoxy) is 1. The van der Waals surface area contributed by atoms with Gasteiger partial charge in [-0.25, -0.2) is 9.69 Å². The number of hydrogen-bond acceptors (Lipinski definition) is 3. The van der Waals surface area contributed by atoms with Crippen LogP contribution >= 0.6 is 0 Å². The van der Waals surface area contributed by atoms with Gasteiger partial charge in [0.15, 0.2) is 0 Å². The van der Waals surface area contributed by atoms with E-state index in [-0.39, 0.29) is 12.0 Å². The number of carbonyl (C=O) groups excluding carboxylic acids is 2. The van der Waals surface area contributed by atoms with Gasteiger partial charge in [0.05, 0.1) is 14.3 Å². The average Bonchev–Trinajstić information content (AvgIpc) is 2.88. The van der Waals surface area contributed by atoms with E-state index in [9.17, 15) is 22.8 Å². The lowest BCUT2D eigenvalue weighted by molar-refractivity contribution is -0.137. The van der Waals surface area contributed by atoms with Crippen LogP contribution < -0.4 is 0 Å². The minimum atomic E-state index is -4.61. The first-order valence-electron chi connectivity index (χ1n) is 9.04. The molecule has 0 N–H and O–H groups in total. The highest BCUT2D eigenvalue weighted by atomic mass is 19.4. The number of benzene rings is 2. The minimum absolute atomic E-state index is 0.00169. The number of amides is 2. The molecule has 1 fully saturated rings. The predicted molar refractivity (Wildman–Crippen MR) is 92.6 cm³/mol. The Hall–Kier alpha value is -3.09. The molecule has 0 radical (unpaired) electrons. The van der Waals surface area contributed by atoms with Crippen LogP contribution in [0, 0.1) is 0 Å². The molecule has 3 rings (SSSR count). The van der Waals surface area contributed by atoms with Gasteiger partial charge in [-0.2, -0.15) is 13.2 Å². The zero-order chi connectivity index (χ0) is 21.2. The molecule has 7 heteroatoms. The fraction of sp³-hybridized carbons (Fsp3) is 0.200. The maximum absolute atomic E-state index is 13.1. The second-order valence-electron chi connectivity index (χ2n) is 5.82. The van der Waals surface area contributed by atoms with Crippen LogP contribution in [0.1, 0.15) is 19.4 Å². The number of nitrogens with zero attached hydrogens (tertiary/aromatic N) is 1. The summed E-state index contributed by atoms with van der Waals surface area (Å²) in [6.45, 7) is -2.43. The largest absolute Gasteiger partial charge is 0.447 e. The molecule has 1 atom stereocenters. The van der Waals surface area contributed by atoms with Gasteiger partial charge in [0, 0.05) is 6.08 Å². The van der Waals surface area contributed by atoms with Crippen molar-refractivity contribution in [1.29, 1.82) is 0 Å². The third-order valence-corrected chi connectivity index (χ3v) is 3.97. The fourth-order valence-electron chi connectivity index (χ4n) is 2.70. The molecule has 4 nitrogen and oxygen atoms in total. The molecule has 0 aromatic heterocycles. The Bertz CT molecular complexity index is 945. The maximum atomic E-state index is 13.1. The Kier molecular flexibility index (Phi) is 4.57. The number of imide groups is 1. The molecular formula is C20H16F3NO3. The summed E-state index contributed by atoms with van der Waals surface area (Å²) in [4.78, 5) is 25.3. The molecule has 27 heavy (non-hydrogen) atoms. The lowest BCUT2D eigenvalue weighted by Crippen LogP contribution is -2.39. The summed E-state index contributed by atoms with van der Waals surface area (Å²) in [6, 6.07) is 12.1. The van der Waals surface area contributed by atoms with Gasteiger partial charge in [-0.15, -0.1) is 0 Å². The van der Waals surface area contributed by atoms with Crippen LogP contribution in [0.2, 0.25) is 0 Å². The molecule has 1 aliphatic rings. The van der Waals surface area contributed by atoms with Crippen molar-refractivity contribution in [1.82, 2.24) is 4.90 Å². The van der Waals surface area contributed by atoms with Crippen LogP contribution in [0.15, 0.2) is 60.7 Å². The van der Waals surface area contributed by atoms with E-state index < -0.39 is 36.3 Å². The van der Waals surface area contributed by atoms with Gasteiger partial charge in [0.2, 0.25) is 0 Å². The number of alkyl halides is 3. The third-order valence-electron chi connectivity index (χ3n) is 3.97. The van der Waals surface area contributed by atoms with Gasteiger partial charge >= 0.3 is 12.3 Å². The van der Waals surface area contributed by atoms with E-state index in [0.717, 1.165) is 18.2 Å². The smallest absolute Gasteiger partial charge is 0.417 e. The Morgan fingerprint density at radius 1 is 1.19 bits per heavy atom. The molecule has 0 aliphatic carbocycles. The summed E-state index contributed by atoms with van der Waals surface area (Å²) in [5, 5.41) is 0. The van der Waals surface area contributed by atoms with Crippen LogP contribution in [0.3, 0.4) is 0 Å². The third kappa shape index (κ3) is 4.36. The highest BCUT2D eigenvalue weighted by Crippen LogP contribution is 2.32. The van der Waals surface area contributed by atoms with Crippen molar-refractivity contribution in [2.24, 2.45) is 0 Å². The first-order chi connectivity index (χ1) is 13.6. The molecule has 0 spiro atoms. The number of rotatable bonds is 4. The van der Waals surface area contributed by atoms with Gasteiger partial charge in [-0.3, -0.25) is 4.79 Å². The van der Waals surface area contributed by atoms with Crippen molar-refractivity contribution in [2.45, 2.75) is 18.6 Å². The van der Waals surface area contributed by atoms with Crippen molar-refractivity contribution < 1.29 is 30.2 Å². The predicted octanol–water partition coefficient (Wildman–Crippen LogP) is 4.31. The Balaban J connectivity index is 1.87. The first-order valence-corrected chi connectivity index (χ1v) is 8.04. The lowest BCUT2D eigenvalue weighted by Gasteiger charge is -2.18. The lowest BCUT2D eigenvalue weighted by atomic mass is 10.1. The quantitative estimate of drug-likeness (QED) is 0.746. The van der Waals surface area contributed by atoms with Crippen molar-refractivity contribution in [3.63, 3.8) is 0 Å².